The molecule has 3 aromatic rings. The smallest absolute Gasteiger partial charge is 0.341 e. The van der Waals surface area contributed by atoms with Gasteiger partial charge in [0.15, 0.2) is 12.7 Å². The van der Waals surface area contributed by atoms with Crippen molar-refractivity contribution in [2.24, 2.45) is 5.73 Å². The van der Waals surface area contributed by atoms with Gasteiger partial charge in [-0.2, -0.15) is 0 Å². The van der Waals surface area contributed by atoms with Crippen molar-refractivity contribution in [2.45, 2.75) is 19.6 Å². The lowest BCUT2D eigenvalue weighted by Gasteiger charge is -2.11. The molecule has 140 valence electrons. The number of nitrogens with zero attached hydrogens (tertiary/aromatic N) is 1. The molecule has 1 heterocycles. The highest BCUT2D eigenvalue weighted by atomic mass is 16.5. The Bertz CT molecular complexity index is 995. The van der Waals surface area contributed by atoms with Gasteiger partial charge in [0.05, 0.1) is 5.52 Å². The van der Waals surface area contributed by atoms with E-state index in [1.54, 1.807) is 19.1 Å². The molecule has 0 radical (unpaired) electrons. The minimum absolute atomic E-state index is 0.278. The van der Waals surface area contributed by atoms with Crippen molar-refractivity contribution >= 4 is 22.8 Å². The molecule has 0 spiro atoms. The molecule has 2 aromatic carbocycles. The van der Waals surface area contributed by atoms with E-state index in [4.69, 9.17) is 15.6 Å². The third-order valence-electron chi connectivity index (χ3n) is 4.44. The van der Waals surface area contributed by atoms with Crippen LogP contribution in [-0.4, -0.2) is 33.3 Å². The molecule has 4 N–H and O–H groups in total. The van der Waals surface area contributed by atoms with E-state index in [9.17, 15) is 14.7 Å². The third kappa shape index (κ3) is 3.63. The molecule has 0 aliphatic rings. The summed E-state index contributed by atoms with van der Waals surface area (Å²) in [6.45, 7) is 1.76. The number of aliphatic carboxylic acids is 1. The van der Waals surface area contributed by atoms with Gasteiger partial charge in [-0.3, -0.25) is 4.79 Å². The summed E-state index contributed by atoms with van der Waals surface area (Å²) in [5.74, 6) is -1.73. The number of ether oxygens (including phenoxy) is 1. The predicted molar refractivity (Wildman–Crippen MR) is 99.5 cm³/mol. The second-order valence-corrected chi connectivity index (χ2v) is 6.21. The van der Waals surface area contributed by atoms with Gasteiger partial charge in [0.2, 0.25) is 0 Å². The highest BCUT2D eigenvalue weighted by molar-refractivity contribution is 5.96. The van der Waals surface area contributed by atoms with Crippen molar-refractivity contribution in [3.8, 4) is 5.75 Å². The maximum atomic E-state index is 11.7. The number of carboxylic acid groups (broad SMARTS) is 1. The Hall–Kier alpha value is -3.32. The number of fused-ring (bicyclic) bond motifs is 1. The number of hydrogen-bond donors (Lipinski definition) is 3. The summed E-state index contributed by atoms with van der Waals surface area (Å²) in [6.07, 6.45) is -1.53. The molecular weight excluding hydrogens is 348 g/mol. The molecule has 0 aliphatic carbocycles. The molecule has 0 saturated heterocycles. The number of amides is 1. The fourth-order valence-electron chi connectivity index (χ4n) is 3.23. The molecule has 0 aliphatic heterocycles. The van der Waals surface area contributed by atoms with E-state index in [2.05, 4.69) is 0 Å². The highest BCUT2D eigenvalue weighted by Crippen LogP contribution is 2.37. The molecule has 7 heteroatoms. The summed E-state index contributed by atoms with van der Waals surface area (Å²) in [4.78, 5) is 22.6. The fourth-order valence-corrected chi connectivity index (χ4v) is 3.23. The Balaban J connectivity index is 2.21. The lowest BCUT2D eigenvalue weighted by molar-refractivity contribution is -0.139. The Kier molecular flexibility index (Phi) is 5.14. The molecule has 1 atom stereocenters. The highest BCUT2D eigenvalue weighted by Gasteiger charge is 2.26. The molecule has 0 fully saturated rings. The van der Waals surface area contributed by atoms with Gasteiger partial charge >= 0.3 is 5.97 Å². The van der Waals surface area contributed by atoms with E-state index in [1.165, 1.54) is 0 Å². The molecule has 1 amide bonds. The number of carbonyl (C=O) groups excluding carboxylic acids is 1. The van der Waals surface area contributed by atoms with Crippen LogP contribution in [0.5, 0.6) is 5.75 Å². The number of aliphatic hydroxyl groups is 1. The summed E-state index contributed by atoms with van der Waals surface area (Å²) >= 11 is 0. The zero-order valence-corrected chi connectivity index (χ0v) is 14.8. The van der Waals surface area contributed by atoms with Crippen molar-refractivity contribution < 1.29 is 24.5 Å². The van der Waals surface area contributed by atoms with Crippen LogP contribution >= 0.6 is 0 Å². The van der Waals surface area contributed by atoms with Crippen LogP contribution in [0.15, 0.2) is 48.5 Å². The standard InChI is InChI=1S/C20H20N2O5/c1-12-17(19(25)20(21)26)18-14(8-5-9-15(18)27-11-16(23)24)22(12)10-13-6-3-2-4-7-13/h2-9,19,25H,10-11H2,1H3,(H2,21,26)(H,23,24). The Labute approximate surface area is 155 Å². The van der Waals surface area contributed by atoms with Crippen LogP contribution in [0.2, 0.25) is 0 Å². The Morgan fingerprint density at radius 2 is 1.85 bits per heavy atom. The van der Waals surface area contributed by atoms with E-state index in [-0.39, 0.29) is 5.75 Å². The number of rotatable bonds is 7. The summed E-state index contributed by atoms with van der Waals surface area (Å²) < 4.78 is 7.34. The number of benzene rings is 2. The van der Waals surface area contributed by atoms with E-state index < -0.39 is 24.6 Å². The summed E-state index contributed by atoms with van der Waals surface area (Å²) in [5.41, 5.74) is 8.07. The summed E-state index contributed by atoms with van der Waals surface area (Å²) in [5, 5.41) is 19.8. The van der Waals surface area contributed by atoms with Gasteiger partial charge in [0.25, 0.3) is 5.91 Å². The zero-order chi connectivity index (χ0) is 19.6. The maximum absolute atomic E-state index is 11.7. The van der Waals surface area contributed by atoms with Crippen molar-refractivity contribution in [1.82, 2.24) is 4.57 Å². The normalized spacial score (nSPS) is 12.1. The van der Waals surface area contributed by atoms with E-state index in [1.807, 2.05) is 41.0 Å². The van der Waals surface area contributed by atoms with Gasteiger partial charge in [-0.1, -0.05) is 36.4 Å². The lowest BCUT2D eigenvalue weighted by Crippen LogP contribution is -2.21. The minimum Gasteiger partial charge on any atom is -0.481 e. The molecule has 1 unspecified atom stereocenters. The number of aliphatic hydroxyl groups excluding tert-OH is 1. The number of carbonyl (C=O) groups is 2. The average Bonchev–Trinajstić information content (AvgIpc) is 2.92. The van der Waals surface area contributed by atoms with Crippen LogP contribution < -0.4 is 10.5 Å². The first-order valence-electron chi connectivity index (χ1n) is 8.37. The second-order valence-electron chi connectivity index (χ2n) is 6.21. The molecular formula is C20H20N2O5. The topological polar surface area (TPSA) is 115 Å². The summed E-state index contributed by atoms with van der Waals surface area (Å²) in [6, 6.07) is 14.9. The van der Waals surface area contributed by atoms with Gasteiger partial charge in [0, 0.05) is 23.2 Å². The van der Waals surface area contributed by atoms with E-state index in [0.717, 1.165) is 11.1 Å². The zero-order valence-electron chi connectivity index (χ0n) is 14.8. The third-order valence-corrected chi connectivity index (χ3v) is 4.44. The maximum Gasteiger partial charge on any atom is 0.341 e. The first-order valence-corrected chi connectivity index (χ1v) is 8.37. The minimum atomic E-state index is -1.53. The van der Waals surface area contributed by atoms with Crippen LogP contribution in [-0.2, 0) is 16.1 Å². The van der Waals surface area contributed by atoms with Gasteiger partial charge in [0.1, 0.15) is 5.75 Å². The quantitative estimate of drug-likeness (QED) is 0.590. The first kappa shape index (κ1) is 18.5. The molecule has 3 rings (SSSR count). The van der Waals surface area contributed by atoms with E-state index in [0.29, 0.717) is 23.2 Å². The van der Waals surface area contributed by atoms with Crippen LogP contribution in [0.1, 0.15) is 22.9 Å². The van der Waals surface area contributed by atoms with Gasteiger partial charge < -0.3 is 25.3 Å². The predicted octanol–water partition coefficient (Wildman–Crippen LogP) is 1.98. The number of aromatic nitrogens is 1. The van der Waals surface area contributed by atoms with Gasteiger partial charge in [-0.05, 0) is 24.6 Å². The SMILES string of the molecule is Cc1c(C(O)C(N)=O)c2c(OCC(=O)O)cccc2n1Cc1ccccc1. The van der Waals surface area contributed by atoms with Crippen molar-refractivity contribution in [1.29, 1.82) is 0 Å². The van der Waals surface area contributed by atoms with Gasteiger partial charge in [-0.15, -0.1) is 0 Å². The number of primary amides is 1. The number of carboxylic acids is 1. The molecule has 7 nitrogen and oxygen atoms in total. The molecule has 0 bridgehead atoms. The average molecular weight is 368 g/mol. The summed E-state index contributed by atoms with van der Waals surface area (Å²) in [7, 11) is 0. The number of hydrogen-bond acceptors (Lipinski definition) is 4. The largest absolute Gasteiger partial charge is 0.481 e. The second kappa shape index (κ2) is 7.51. The van der Waals surface area contributed by atoms with Crippen LogP contribution in [0.4, 0.5) is 0 Å². The Morgan fingerprint density at radius 3 is 2.48 bits per heavy atom. The van der Waals surface area contributed by atoms with Crippen molar-refractivity contribution in [3.63, 3.8) is 0 Å². The molecule has 1 aromatic heterocycles. The first-order chi connectivity index (χ1) is 12.9. The van der Waals surface area contributed by atoms with E-state index >= 15 is 0 Å². The van der Waals surface area contributed by atoms with Crippen molar-refractivity contribution in [3.05, 3.63) is 65.4 Å². The molecule has 27 heavy (non-hydrogen) atoms. The van der Waals surface area contributed by atoms with Crippen LogP contribution in [0.25, 0.3) is 10.9 Å². The Morgan fingerprint density at radius 1 is 1.15 bits per heavy atom. The van der Waals surface area contributed by atoms with Crippen LogP contribution in [0, 0.1) is 6.92 Å². The monoisotopic (exact) mass is 368 g/mol. The molecule has 0 saturated carbocycles. The van der Waals surface area contributed by atoms with Crippen molar-refractivity contribution in [2.75, 3.05) is 6.61 Å². The fraction of sp³-hybridized carbons (Fsp3) is 0.200. The van der Waals surface area contributed by atoms with Crippen LogP contribution in [0.3, 0.4) is 0 Å². The number of nitrogens with two attached hydrogens (primary N) is 1. The van der Waals surface area contributed by atoms with Gasteiger partial charge in [-0.25, -0.2) is 4.79 Å². The lowest BCUT2D eigenvalue weighted by atomic mass is 10.0.